The third-order valence-corrected chi connectivity index (χ3v) is 2.08. The second-order valence-electron chi connectivity index (χ2n) is 3.03. The Labute approximate surface area is 92.1 Å². The molecular weight excluding hydrogens is 219 g/mol. The summed E-state index contributed by atoms with van der Waals surface area (Å²) in [6.45, 7) is 0.232. The molecule has 5 heteroatoms. The zero-order valence-corrected chi connectivity index (χ0v) is 8.63. The lowest BCUT2D eigenvalue weighted by Crippen LogP contribution is -2.18. The van der Waals surface area contributed by atoms with Gasteiger partial charge < -0.3 is 10.4 Å². The summed E-state index contributed by atoms with van der Waals surface area (Å²) in [6, 6.07) is 6.03. The van der Waals surface area contributed by atoms with E-state index < -0.39 is 11.9 Å². The zero-order chi connectivity index (χ0) is 11.3. The van der Waals surface area contributed by atoms with E-state index in [0.717, 1.165) is 0 Å². The van der Waals surface area contributed by atoms with E-state index in [4.69, 9.17) is 16.9 Å². The number of halogens is 2. The number of nitrogens with zero attached hydrogens (tertiary/aromatic N) is 1. The summed E-state index contributed by atoms with van der Waals surface area (Å²) in [6.07, 6.45) is -0.680. The summed E-state index contributed by atoms with van der Waals surface area (Å²) in [5.74, 6) is -0.486. The smallest absolute Gasteiger partial charge is 0.141 e. The average Bonchev–Trinajstić information content (AvgIpc) is 2.20. The van der Waals surface area contributed by atoms with Crippen LogP contribution in [0.15, 0.2) is 18.2 Å². The number of nitriles is 1. The fourth-order valence-corrected chi connectivity index (χ4v) is 1.20. The Morgan fingerprint density at radius 1 is 1.60 bits per heavy atom. The van der Waals surface area contributed by atoms with Crippen LogP contribution >= 0.6 is 11.6 Å². The van der Waals surface area contributed by atoms with E-state index in [1.165, 1.54) is 18.2 Å². The highest BCUT2D eigenvalue weighted by atomic mass is 35.5. The molecule has 1 unspecified atom stereocenters. The van der Waals surface area contributed by atoms with Crippen LogP contribution in [0.3, 0.4) is 0 Å². The van der Waals surface area contributed by atoms with E-state index in [2.05, 4.69) is 5.32 Å². The standard InChI is InChI=1S/C10H10ClFN2O/c11-9-5-7(1-2-10(9)12)14-6-8(15)3-4-13/h1-2,5,8,14-15H,3,6H2. The molecular formula is C10H10ClFN2O. The van der Waals surface area contributed by atoms with Gasteiger partial charge in [0.25, 0.3) is 0 Å². The minimum absolute atomic E-state index is 0.0229. The molecule has 0 aromatic heterocycles. The van der Waals surface area contributed by atoms with Crippen LogP contribution in [0.25, 0.3) is 0 Å². The Bertz CT molecular complexity index is 378. The molecule has 2 N–H and O–H groups in total. The molecule has 1 atom stereocenters. The van der Waals surface area contributed by atoms with Crippen LogP contribution < -0.4 is 5.32 Å². The van der Waals surface area contributed by atoms with Gasteiger partial charge >= 0.3 is 0 Å². The molecule has 3 nitrogen and oxygen atoms in total. The van der Waals surface area contributed by atoms with Crippen LogP contribution in [-0.4, -0.2) is 17.8 Å². The predicted octanol–water partition coefficient (Wildman–Crippen LogP) is 2.17. The Morgan fingerprint density at radius 2 is 2.33 bits per heavy atom. The molecule has 1 rings (SSSR count). The van der Waals surface area contributed by atoms with Gasteiger partial charge in [-0.3, -0.25) is 0 Å². The maximum atomic E-state index is 12.8. The number of aliphatic hydroxyl groups excluding tert-OH is 1. The molecule has 0 amide bonds. The van der Waals surface area contributed by atoms with Gasteiger partial charge in [-0.2, -0.15) is 5.26 Å². The maximum Gasteiger partial charge on any atom is 0.141 e. The van der Waals surface area contributed by atoms with Crippen LogP contribution in [0.5, 0.6) is 0 Å². The van der Waals surface area contributed by atoms with Crippen molar-refractivity contribution < 1.29 is 9.50 Å². The fraction of sp³-hybridized carbons (Fsp3) is 0.300. The minimum Gasteiger partial charge on any atom is -0.390 e. The predicted molar refractivity (Wildman–Crippen MR) is 56.1 cm³/mol. The Hall–Kier alpha value is -1.31. The first-order valence-electron chi connectivity index (χ1n) is 4.37. The van der Waals surface area contributed by atoms with Gasteiger partial charge in [-0.1, -0.05) is 11.6 Å². The molecule has 0 radical (unpaired) electrons. The summed E-state index contributed by atoms with van der Waals surface area (Å²) in [5.41, 5.74) is 0.610. The van der Waals surface area contributed by atoms with Gasteiger partial charge in [-0.05, 0) is 18.2 Å². The second-order valence-corrected chi connectivity index (χ2v) is 3.43. The summed E-state index contributed by atoms with van der Waals surface area (Å²) in [5, 5.41) is 20.4. The molecule has 80 valence electrons. The molecule has 0 aliphatic rings. The lowest BCUT2D eigenvalue weighted by atomic mass is 10.2. The van der Waals surface area contributed by atoms with Crippen LogP contribution in [0.1, 0.15) is 6.42 Å². The van der Waals surface area contributed by atoms with Crippen molar-refractivity contribution >= 4 is 17.3 Å². The van der Waals surface area contributed by atoms with E-state index in [-0.39, 0.29) is 18.0 Å². The van der Waals surface area contributed by atoms with Crippen molar-refractivity contribution in [1.29, 1.82) is 5.26 Å². The van der Waals surface area contributed by atoms with Crippen LogP contribution in [-0.2, 0) is 0 Å². The average molecular weight is 229 g/mol. The Kier molecular flexibility index (Phi) is 4.35. The van der Waals surface area contributed by atoms with Crippen molar-refractivity contribution in [2.75, 3.05) is 11.9 Å². The number of hydrogen-bond donors (Lipinski definition) is 2. The van der Waals surface area contributed by atoms with Crippen molar-refractivity contribution in [3.63, 3.8) is 0 Å². The molecule has 1 aromatic carbocycles. The fourth-order valence-electron chi connectivity index (χ4n) is 1.02. The summed E-state index contributed by atoms with van der Waals surface area (Å²) >= 11 is 5.56. The van der Waals surface area contributed by atoms with Gasteiger partial charge in [0, 0.05) is 12.2 Å². The normalized spacial score (nSPS) is 11.9. The van der Waals surface area contributed by atoms with Gasteiger partial charge in [0.15, 0.2) is 0 Å². The third kappa shape index (κ3) is 3.74. The minimum atomic E-state index is -0.737. The van der Waals surface area contributed by atoms with Crippen molar-refractivity contribution in [2.24, 2.45) is 0 Å². The number of benzene rings is 1. The number of hydrogen-bond acceptors (Lipinski definition) is 3. The molecule has 0 fully saturated rings. The molecule has 0 aliphatic heterocycles. The van der Waals surface area contributed by atoms with Gasteiger partial charge in [-0.25, -0.2) is 4.39 Å². The third-order valence-electron chi connectivity index (χ3n) is 1.79. The summed E-state index contributed by atoms with van der Waals surface area (Å²) in [4.78, 5) is 0. The van der Waals surface area contributed by atoms with Gasteiger partial charge in [0.2, 0.25) is 0 Å². The Morgan fingerprint density at radius 3 is 2.93 bits per heavy atom. The van der Waals surface area contributed by atoms with Crippen molar-refractivity contribution in [1.82, 2.24) is 0 Å². The first-order valence-corrected chi connectivity index (χ1v) is 4.75. The lowest BCUT2D eigenvalue weighted by Gasteiger charge is -2.09. The highest BCUT2D eigenvalue weighted by Crippen LogP contribution is 2.19. The number of anilines is 1. The molecule has 1 aromatic rings. The zero-order valence-electron chi connectivity index (χ0n) is 7.87. The molecule has 0 spiro atoms. The van der Waals surface area contributed by atoms with Crippen molar-refractivity contribution in [2.45, 2.75) is 12.5 Å². The molecule has 0 saturated heterocycles. The first-order chi connectivity index (χ1) is 7.13. The Balaban J connectivity index is 2.51. The lowest BCUT2D eigenvalue weighted by molar-refractivity contribution is 0.193. The number of aliphatic hydroxyl groups is 1. The van der Waals surface area contributed by atoms with Crippen LogP contribution in [0, 0.1) is 17.1 Å². The molecule has 0 bridgehead atoms. The van der Waals surface area contributed by atoms with Crippen molar-refractivity contribution in [3.8, 4) is 6.07 Å². The number of rotatable bonds is 4. The highest BCUT2D eigenvalue weighted by molar-refractivity contribution is 6.31. The topological polar surface area (TPSA) is 56.0 Å². The molecule has 0 saturated carbocycles. The first kappa shape index (κ1) is 11.8. The monoisotopic (exact) mass is 228 g/mol. The van der Waals surface area contributed by atoms with Gasteiger partial charge in [0.05, 0.1) is 23.6 Å². The largest absolute Gasteiger partial charge is 0.390 e. The SMILES string of the molecule is N#CCC(O)CNc1ccc(F)c(Cl)c1. The number of nitrogens with one attached hydrogen (secondary N) is 1. The summed E-state index contributed by atoms with van der Waals surface area (Å²) in [7, 11) is 0. The van der Waals surface area contributed by atoms with E-state index in [1.54, 1.807) is 0 Å². The quantitative estimate of drug-likeness (QED) is 0.831. The van der Waals surface area contributed by atoms with Crippen molar-refractivity contribution in [3.05, 3.63) is 29.0 Å². The van der Waals surface area contributed by atoms with Crippen LogP contribution in [0.4, 0.5) is 10.1 Å². The van der Waals surface area contributed by atoms with E-state index in [1.807, 2.05) is 6.07 Å². The van der Waals surface area contributed by atoms with Gasteiger partial charge in [-0.15, -0.1) is 0 Å². The van der Waals surface area contributed by atoms with Crippen LogP contribution in [0.2, 0.25) is 5.02 Å². The van der Waals surface area contributed by atoms with E-state index in [9.17, 15) is 9.50 Å². The van der Waals surface area contributed by atoms with E-state index >= 15 is 0 Å². The van der Waals surface area contributed by atoms with E-state index in [0.29, 0.717) is 5.69 Å². The molecule has 15 heavy (non-hydrogen) atoms. The highest BCUT2D eigenvalue weighted by Gasteiger charge is 2.04. The maximum absolute atomic E-state index is 12.8. The molecule has 0 heterocycles. The van der Waals surface area contributed by atoms with Gasteiger partial charge in [0.1, 0.15) is 5.82 Å². The molecule has 0 aliphatic carbocycles. The summed E-state index contributed by atoms with van der Waals surface area (Å²) < 4.78 is 12.8. The second kappa shape index (κ2) is 5.54.